The van der Waals surface area contributed by atoms with E-state index >= 15 is 0 Å². The van der Waals surface area contributed by atoms with Gasteiger partial charge in [-0.2, -0.15) is 0 Å². The number of ether oxygens (including phenoxy) is 1. The molecule has 28 heavy (non-hydrogen) atoms. The standard InChI is InChI=1S/C25H26O3/c1-4-28-19-15-18-21(26)24(3)20(22(27)23(18,19)2)25(24,16-11-7-5-8-12-16)17-13-9-6-10-14-17/h5-14,18-20H,4,15H2,1-3H3/t18-,19-,20+,23+,24+/m0/s1. The Morgan fingerprint density at radius 1 is 0.893 bits per heavy atom. The second-order valence-corrected chi connectivity index (χ2v) is 8.92. The molecule has 3 saturated carbocycles. The summed E-state index contributed by atoms with van der Waals surface area (Å²) in [6.45, 7) is 6.50. The Hall–Kier alpha value is -2.26. The number of carbonyl (C=O) groups excluding carboxylic acids is 2. The third kappa shape index (κ3) is 1.75. The van der Waals surface area contributed by atoms with Crippen molar-refractivity contribution in [3.63, 3.8) is 0 Å². The number of fused-ring (bicyclic) bond motifs is 2. The number of hydrogen-bond acceptors (Lipinski definition) is 3. The van der Waals surface area contributed by atoms with Gasteiger partial charge >= 0.3 is 0 Å². The molecule has 2 aromatic rings. The van der Waals surface area contributed by atoms with Crippen LogP contribution >= 0.6 is 0 Å². The molecule has 0 N–H and O–H groups in total. The third-order valence-electron chi connectivity index (χ3n) is 8.04. The molecule has 0 aliphatic heterocycles. The Bertz CT molecular complexity index is 911. The highest BCUT2D eigenvalue weighted by molar-refractivity contribution is 6.13. The number of carbonyl (C=O) groups is 2. The summed E-state index contributed by atoms with van der Waals surface area (Å²) < 4.78 is 5.88. The fourth-order valence-electron chi connectivity index (χ4n) is 6.51. The maximum Gasteiger partial charge on any atom is 0.147 e. The van der Waals surface area contributed by atoms with E-state index in [0.717, 1.165) is 11.1 Å². The molecule has 3 aliphatic rings. The van der Waals surface area contributed by atoms with Gasteiger partial charge in [-0.15, -0.1) is 0 Å². The van der Waals surface area contributed by atoms with Gasteiger partial charge in [0, 0.05) is 23.9 Å². The minimum atomic E-state index is -0.692. The van der Waals surface area contributed by atoms with Crippen LogP contribution in [0.15, 0.2) is 60.7 Å². The number of ketones is 2. The predicted octanol–water partition coefficient (Wildman–Crippen LogP) is 4.19. The van der Waals surface area contributed by atoms with Crippen LogP contribution in [0.4, 0.5) is 0 Å². The topological polar surface area (TPSA) is 43.4 Å². The third-order valence-corrected chi connectivity index (χ3v) is 8.04. The molecule has 0 saturated heterocycles. The molecule has 144 valence electrons. The zero-order chi connectivity index (χ0) is 19.7. The lowest BCUT2D eigenvalue weighted by Crippen LogP contribution is -2.64. The van der Waals surface area contributed by atoms with Crippen molar-refractivity contribution in [3.05, 3.63) is 71.8 Å². The van der Waals surface area contributed by atoms with E-state index in [9.17, 15) is 9.59 Å². The molecule has 0 spiro atoms. The van der Waals surface area contributed by atoms with Gasteiger partial charge in [-0.1, -0.05) is 67.6 Å². The summed E-state index contributed by atoms with van der Waals surface area (Å²) in [7, 11) is 0. The number of rotatable bonds is 4. The molecule has 5 atom stereocenters. The van der Waals surface area contributed by atoms with Crippen molar-refractivity contribution >= 4 is 11.6 Å². The summed E-state index contributed by atoms with van der Waals surface area (Å²) in [6.07, 6.45) is 0.519. The molecule has 2 aromatic carbocycles. The van der Waals surface area contributed by atoms with Gasteiger partial charge < -0.3 is 4.74 Å². The maximum absolute atomic E-state index is 13.9. The fourth-order valence-corrected chi connectivity index (χ4v) is 6.51. The van der Waals surface area contributed by atoms with Crippen LogP contribution in [0.1, 0.15) is 38.3 Å². The molecule has 5 rings (SSSR count). The molecule has 0 heterocycles. The minimum absolute atomic E-state index is 0.145. The summed E-state index contributed by atoms with van der Waals surface area (Å²) in [5.74, 6) is -0.117. The average Bonchev–Trinajstić information content (AvgIpc) is 3.32. The van der Waals surface area contributed by atoms with E-state index in [1.54, 1.807) is 0 Å². The molecule has 3 fully saturated rings. The molecule has 3 heteroatoms. The highest BCUT2D eigenvalue weighted by atomic mass is 16.5. The van der Waals surface area contributed by atoms with Crippen LogP contribution in [0.3, 0.4) is 0 Å². The first-order valence-electron chi connectivity index (χ1n) is 10.3. The van der Waals surface area contributed by atoms with Crippen LogP contribution in [0.5, 0.6) is 0 Å². The van der Waals surface area contributed by atoms with E-state index in [1.807, 2.05) is 57.2 Å². The highest BCUT2D eigenvalue weighted by Gasteiger charge is 2.88. The van der Waals surface area contributed by atoms with Gasteiger partial charge in [0.15, 0.2) is 0 Å². The van der Waals surface area contributed by atoms with Gasteiger partial charge in [0.2, 0.25) is 0 Å². The van der Waals surface area contributed by atoms with Gasteiger partial charge in [-0.05, 0) is 31.4 Å². The van der Waals surface area contributed by atoms with E-state index in [0.29, 0.717) is 13.0 Å². The van der Waals surface area contributed by atoms with Crippen LogP contribution in [0.25, 0.3) is 0 Å². The smallest absolute Gasteiger partial charge is 0.147 e. The molecule has 0 amide bonds. The second-order valence-electron chi connectivity index (χ2n) is 8.92. The molecular formula is C25H26O3. The van der Waals surface area contributed by atoms with Gasteiger partial charge in [0.1, 0.15) is 11.6 Å². The zero-order valence-electron chi connectivity index (χ0n) is 16.6. The monoisotopic (exact) mass is 374 g/mol. The van der Waals surface area contributed by atoms with Crippen molar-refractivity contribution in [2.45, 2.75) is 38.7 Å². The Kier molecular flexibility index (Phi) is 3.59. The van der Waals surface area contributed by atoms with Gasteiger partial charge in [0.05, 0.1) is 16.9 Å². The first kappa shape index (κ1) is 17.8. The van der Waals surface area contributed by atoms with Crippen LogP contribution in [-0.2, 0) is 19.7 Å². The second kappa shape index (κ2) is 5.64. The fraction of sp³-hybridized carbons (Fsp3) is 0.440. The zero-order valence-corrected chi connectivity index (χ0v) is 16.6. The highest BCUT2D eigenvalue weighted by Crippen LogP contribution is 2.80. The molecular weight excluding hydrogens is 348 g/mol. The van der Waals surface area contributed by atoms with Crippen molar-refractivity contribution in [1.29, 1.82) is 0 Å². The van der Waals surface area contributed by atoms with Gasteiger partial charge in [-0.25, -0.2) is 0 Å². The number of Topliss-reactive ketones (excluding diaryl/α,β-unsaturated/α-hetero) is 2. The van der Waals surface area contributed by atoms with Crippen molar-refractivity contribution in [2.24, 2.45) is 22.7 Å². The summed E-state index contributed by atoms with van der Waals surface area (Å²) in [6, 6.07) is 20.3. The quantitative estimate of drug-likeness (QED) is 0.806. The Morgan fingerprint density at radius 2 is 1.43 bits per heavy atom. The molecule has 0 aromatic heterocycles. The summed E-state index contributed by atoms with van der Waals surface area (Å²) >= 11 is 0. The molecule has 3 nitrogen and oxygen atoms in total. The van der Waals surface area contributed by atoms with Gasteiger partial charge in [0.25, 0.3) is 0 Å². The normalized spacial score (nSPS) is 37.6. The molecule has 0 bridgehead atoms. The van der Waals surface area contributed by atoms with Crippen LogP contribution in [0, 0.1) is 22.7 Å². The van der Waals surface area contributed by atoms with E-state index in [4.69, 9.17) is 4.74 Å². The van der Waals surface area contributed by atoms with Crippen molar-refractivity contribution < 1.29 is 14.3 Å². The maximum atomic E-state index is 13.9. The van der Waals surface area contributed by atoms with E-state index in [-0.39, 0.29) is 29.5 Å². The predicted molar refractivity (Wildman–Crippen MR) is 107 cm³/mol. The summed E-state index contributed by atoms with van der Waals surface area (Å²) in [5, 5.41) is 0. The average molecular weight is 374 g/mol. The van der Waals surface area contributed by atoms with Crippen LogP contribution in [-0.4, -0.2) is 24.3 Å². The number of benzene rings is 2. The van der Waals surface area contributed by atoms with Gasteiger partial charge in [-0.3, -0.25) is 9.59 Å². The number of hydrogen-bond donors (Lipinski definition) is 0. The lowest BCUT2D eigenvalue weighted by Gasteiger charge is -2.54. The lowest BCUT2D eigenvalue weighted by molar-refractivity contribution is -0.187. The minimum Gasteiger partial charge on any atom is -0.377 e. The van der Waals surface area contributed by atoms with E-state index in [2.05, 4.69) is 24.3 Å². The Labute approximate surface area is 166 Å². The SMILES string of the molecule is CCO[C@H]1C[C@H]2C(=O)[C@@]3(C)[C@@H](C(=O)[C@@]12C)C3(c1ccccc1)c1ccccc1. The van der Waals surface area contributed by atoms with Crippen molar-refractivity contribution in [3.8, 4) is 0 Å². The Morgan fingerprint density at radius 3 is 1.93 bits per heavy atom. The summed E-state index contributed by atoms with van der Waals surface area (Å²) in [5.41, 5.74) is 0.166. The van der Waals surface area contributed by atoms with E-state index < -0.39 is 16.2 Å². The summed E-state index contributed by atoms with van der Waals surface area (Å²) in [4.78, 5) is 27.7. The van der Waals surface area contributed by atoms with Crippen LogP contribution in [0.2, 0.25) is 0 Å². The Balaban J connectivity index is 1.72. The molecule has 0 radical (unpaired) electrons. The first-order chi connectivity index (χ1) is 13.4. The lowest BCUT2D eigenvalue weighted by atomic mass is 9.50. The van der Waals surface area contributed by atoms with Crippen molar-refractivity contribution in [1.82, 2.24) is 0 Å². The van der Waals surface area contributed by atoms with E-state index in [1.165, 1.54) is 0 Å². The molecule has 0 unspecified atom stereocenters. The van der Waals surface area contributed by atoms with Crippen molar-refractivity contribution in [2.75, 3.05) is 6.61 Å². The first-order valence-corrected chi connectivity index (χ1v) is 10.3. The largest absolute Gasteiger partial charge is 0.377 e. The van der Waals surface area contributed by atoms with Crippen LogP contribution < -0.4 is 0 Å². The molecule has 3 aliphatic carbocycles.